The van der Waals surface area contributed by atoms with Crippen LogP contribution in [0.2, 0.25) is 0 Å². The summed E-state index contributed by atoms with van der Waals surface area (Å²) in [4.78, 5) is 7.63. The number of nitrogen functional groups attached to an aromatic ring is 1. The van der Waals surface area contributed by atoms with E-state index < -0.39 is 11.7 Å². The zero-order chi connectivity index (χ0) is 13.3. The van der Waals surface area contributed by atoms with E-state index in [1.165, 1.54) is 6.20 Å². The summed E-state index contributed by atoms with van der Waals surface area (Å²) in [5.74, 6) is 0. The first-order valence-electron chi connectivity index (χ1n) is 5.14. The largest absolute Gasteiger partial charge is 0.417 e. The molecule has 0 atom stereocenters. The molecule has 0 saturated carbocycles. The minimum Gasteiger partial charge on any atom is -0.397 e. The monoisotopic (exact) mass is 253 g/mol. The van der Waals surface area contributed by atoms with Crippen molar-refractivity contribution in [1.29, 1.82) is 0 Å². The van der Waals surface area contributed by atoms with Gasteiger partial charge in [-0.05, 0) is 24.6 Å². The van der Waals surface area contributed by atoms with E-state index in [0.29, 0.717) is 5.56 Å². The van der Waals surface area contributed by atoms with Crippen molar-refractivity contribution in [2.24, 2.45) is 0 Å². The van der Waals surface area contributed by atoms with Crippen LogP contribution in [0.3, 0.4) is 0 Å². The van der Waals surface area contributed by atoms with Gasteiger partial charge in [0.15, 0.2) is 0 Å². The molecule has 2 aromatic rings. The predicted molar refractivity (Wildman–Crippen MR) is 61.6 cm³/mol. The van der Waals surface area contributed by atoms with Crippen molar-refractivity contribution < 1.29 is 13.2 Å². The number of halogens is 3. The van der Waals surface area contributed by atoms with Crippen LogP contribution < -0.4 is 5.73 Å². The Morgan fingerprint density at radius 2 is 1.89 bits per heavy atom. The number of hydrogen-bond donors (Lipinski definition) is 1. The summed E-state index contributed by atoms with van der Waals surface area (Å²) in [6, 6.07) is 2.56. The summed E-state index contributed by atoms with van der Waals surface area (Å²) in [5, 5.41) is 0. The molecule has 0 saturated heterocycles. The molecule has 0 bridgehead atoms. The van der Waals surface area contributed by atoms with Crippen molar-refractivity contribution in [3.05, 3.63) is 41.9 Å². The van der Waals surface area contributed by atoms with Gasteiger partial charge in [0.1, 0.15) is 0 Å². The standard InChI is InChI=1S/C12H10F3N3/c1-7-2-5-18-11(10(7)16)8-6-17-4-3-9(8)12(13,14)15/h2-6H,16H2,1H3. The number of pyridine rings is 2. The molecule has 0 radical (unpaired) electrons. The maximum atomic E-state index is 12.9. The molecule has 0 aliphatic rings. The molecule has 2 heterocycles. The molecule has 94 valence electrons. The van der Waals surface area contributed by atoms with Gasteiger partial charge in [-0.25, -0.2) is 0 Å². The Hall–Kier alpha value is -2.11. The number of anilines is 1. The first-order valence-corrected chi connectivity index (χ1v) is 5.14. The number of aryl methyl sites for hydroxylation is 1. The molecule has 2 aromatic heterocycles. The highest BCUT2D eigenvalue weighted by Gasteiger charge is 2.34. The molecule has 0 spiro atoms. The Labute approximate surface area is 101 Å². The smallest absolute Gasteiger partial charge is 0.397 e. The number of aromatic nitrogens is 2. The van der Waals surface area contributed by atoms with Gasteiger partial charge in [0, 0.05) is 24.2 Å². The maximum absolute atomic E-state index is 12.9. The molecule has 0 aromatic carbocycles. The van der Waals surface area contributed by atoms with E-state index in [2.05, 4.69) is 9.97 Å². The number of rotatable bonds is 1. The fraction of sp³-hybridized carbons (Fsp3) is 0.167. The van der Waals surface area contributed by atoms with Gasteiger partial charge in [0.2, 0.25) is 0 Å². The van der Waals surface area contributed by atoms with Crippen LogP contribution in [0.5, 0.6) is 0 Å². The van der Waals surface area contributed by atoms with Gasteiger partial charge < -0.3 is 5.73 Å². The third-order valence-corrected chi connectivity index (χ3v) is 2.59. The number of hydrogen-bond acceptors (Lipinski definition) is 3. The van der Waals surface area contributed by atoms with E-state index in [1.54, 1.807) is 13.0 Å². The molecule has 0 amide bonds. The first-order chi connectivity index (χ1) is 8.41. The molecule has 0 fully saturated rings. The van der Waals surface area contributed by atoms with E-state index in [9.17, 15) is 13.2 Å². The quantitative estimate of drug-likeness (QED) is 0.849. The highest BCUT2D eigenvalue weighted by Crippen LogP contribution is 2.37. The van der Waals surface area contributed by atoms with Gasteiger partial charge in [-0.2, -0.15) is 13.2 Å². The van der Waals surface area contributed by atoms with E-state index >= 15 is 0 Å². The minimum absolute atomic E-state index is 0.105. The molecule has 0 unspecified atom stereocenters. The fourth-order valence-corrected chi connectivity index (χ4v) is 1.61. The SMILES string of the molecule is Cc1ccnc(-c2cnccc2C(F)(F)F)c1N. The molecule has 0 aliphatic heterocycles. The third-order valence-electron chi connectivity index (χ3n) is 2.59. The Bertz CT molecular complexity index is 579. The zero-order valence-corrected chi connectivity index (χ0v) is 9.49. The van der Waals surface area contributed by atoms with Crippen LogP contribution in [0, 0.1) is 6.92 Å². The molecule has 0 aliphatic carbocycles. The maximum Gasteiger partial charge on any atom is 0.417 e. The van der Waals surface area contributed by atoms with Crippen LogP contribution in [0.15, 0.2) is 30.7 Å². The zero-order valence-electron chi connectivity index (χ0n) is 9.49. The molecular weight excluding hydrogens is 243 g/mol. The molecular formula is C12H10F3N3. The van der Waals surface area contributed by atoms with Crippen molar-refractivity contribution in [3.63, 3.8) is 0 Å². The van der Waals surface area contributed by atoms with Gasteiger partial charge in [-0.1, -0.05) is 0 Å². The highest BCUT2D eigenvalue weighted by molar-refractivity contribution is 5.76. The second kappa shape index (κ2) is 4.29. The van der Waals surface area contributed by atoms with Gasteiger partial charge in [-0.15, -0.1) is 0 Å². The van der Waals surface area contributed by atoms with Crippen LogP contribution in [0.4, 0.5) is 18.9 Å². The van der Waals surface area contributed by atoms with Crippen molar-refractivity contribution in [3.8, 4) is 11.3 Å². The third kappa shape index (κ3) is 2.13. The molecule has 2 N–H and O–H groups in total. The van der Waals surface area contributed by atoms with Crippen molar-refractivity contribution >= 4 is 5.69 Å². The number of nitrogens with zero attached hydrogens (tertiary/aromatic N) is 2. The number of alkyl halides is 3. The van der Waals surface area contributed by atoms with E-state index in [0.717, 1.165) is 18.5 Å². The molecule has 3 nitrogen and oxygen atoms in total. The van der Waals surface area contributed by atoms with Crippen LogP contribution in [-0.4, -0.2) is 9.97 Å². The second-order valence-electron chi connectivity index (χ2n) is 3.81. The summed E-state index contributed by atoms with van der Waals surface area (Å²) >= 11 is 0. The lowest BCUT2D eigenvalue weighted by Crippen LogP contribution is -2.09. The summed E-state index contributed by atoms with van der Waals surface area (Å²) in [7, 11) is 0. The normalized spacial score (nSPS) is 11.6. The van der Waals surface area contributed by atoms with Crippen LogP contribution >= 0.6 is 0 Å². The van der Waals surface area contributed by atoms with Crippen LogP contribution in [0.25, 0.3) is 11.3 Å². The second-order valence-corrected chi connectivity index (χ2v) is 3.81. The molecule has 2 rings (SSSR count). The van der Waals surface area contributed by atoms with Gasteiger partial charge in [0.25, 0.3) is 0 Å². The van der Waals surface area contributed by atoms with Crippen LogP contribution in [-0.2, 0) is 6.18 Å². The average Bonchev–Trinajstić information content (AvgIpc) is 2.32. The Morgan fingerprint density at radius 1 is 1.17 bits per heavy atom. The topological polar surface area (TPSA) is 51.8 Å². The predicted octanol–water partition coefficient (Wildman–Crippen LogP) is 3.05. The van der Waals surface area contributed by atoms with Gasteiger partial charge >= 0.3 is 6.18 Å². The summed E-state index contributed by atoms with van der Waals surface area (Å²) in [6.45, 7) is 1.71. The van der Waals surface area contributed by atoms with Gasteiger partial charge in [-0.3, -0.25) is 9.97 Å². The Balaban J connectivity index is 2.69. The van der Waals surface area contributed by atoms with Gasteiger partial charge in [0.05, 0.1) is 16.9 Å². The summed E-state index contributed by atoms with van der Waals surface area (Å²) in [6.07, 6.45) is -0.816. The Kier molecular flexibility index (Phi) is 2.94. The Morgan fingerprint density at radius 3 is 2.56 bits per heavy atom. The van der Waals surface area contributed by atoms with Crippen molar-refractivity contribution in [2.75, 3.05) is 5.73 Å². The number of nitrogens with two attached hydrogens (primary N) is 1. The summed E-state index contributed by atoms with van der Waals surface area (Å²) in [5.41, 5.74) is 5.89. The van der Waals surface area contributed by atoms with E-state index in [1.807, 2.05) is 0 Å². The molecule has 18 heavy (non-hydrogen) atoms. The van der Waals surface area contributed by atoms with E-state index in [4.69, 9.17) is 5.73 Å². The lowest BCUT2D eigenvalue weighted by molar-refractivity contribution is -0.137. The minimum atomic E-state index is -4.46. The summed E-state index contributed by atoms with van der Waals surface area (Å²) < 4.78 is 38.6. The lowest BCUT2D eigenvalue weighted by Gasteiger charge is -2.13. The highest BCUT2D eigenvalue weighted by atomic mass is 19.4. The van der Waals surface area contributed by atoms with Crippen molar-refractivity contribution in [2.45, 2.75) is 13.1 Å². The molecule has 6 heteroatoms. The first kappa shape index (κ1) is 12.3. The van der Waals surface area contributed by atoms with Crippen LogP contribution in [0.1, 0.15) is 11.1 Å². The lowest BCUT2D eigenvalue weighted by atomic mass is 10.0. The van der Waals surface area contributed by atoms with E-state index in [-0.39, 0.29) is 16.9 Å². The fourth-order valence-electron chi connectivity index (χ4n) is 1.61. The average molecular weight is 253 g/mol. The van der Waals surface area contributed by atoms with Crippen molar-refractivity contribution in [1.82, 2.24) is 9.97 Å².